The SMILES string of the molecule is CNc1cc(C(C)(C)C)nc2c(C)c(Cl)ccc12. The summed E-state index contributed by atoms with van der Waals surface area (Å²) in [4.78, 5) is 4.79. The van der Waals surface area contributed by atoms with Crippen molar-refractivity contribution >= 4 is 28.2 Å². The summed E-state index contributed by atoms with van der Waals surface area (Å²) in [5.74, 6) is 0. The van der Waals surface area contributed by atoms with Crippen molar-refractivity contribution in [3.63, 3.8) is 0 Å². The van der Waals surface area contributed by atoms with Crippen LogP contribution in [0.15, 0.2) is 18.2 Å². The second kappa shape index (κ2) is 4.43. The number of fused-ring (bicyclic) bond motifs is 1. The Morgan fingerprint density at radius 3 is 2.44 bits per heavy atom. The van der Waals surface area contributed by atoms with Gasteiger partial charge in [0.15, 0.2) is 0 Å². The average Bonchev–Trinajstić information content (AvgIpc) is 2.31. The number of aromatic nitrogens is 1. The molecule has 0 amide bonds. The fourth-order valence-corrected chi connectivity index (χ4v) is 2.15. The van der Waals surface area contributed by atoms with Gasteiger partial charge in [-0.15, -0.1) is 0 Å². The molecule has 3 heteroatoms. The molecular weight excluding hydrogens is 244 g/mol. The Bertz CT molecular complexity index is 597. The van der Waals surface area contributed by atoms with Crippen molar-refractivity contribution in [3.05, 3.63) is 34.5 Å². The van der Waals surface area contributed by atoms with Gasteiger partial charge < -0.3 is 5.32 Å². The van der Waals surface area contributed by atoms with Gasteiger partial charge in [-0.1, -0.05) is 32.4 Å². The number of hydrogen-bond acceptors (Lipinski definition) is 2. The molecule has 0 saturated carbocycles. The van der Waals surface area contributed by atoms with Crippen LogP contribution < -0.4 is 5.32 Å². The summed E-state index contributed by atoms with van der Waals surface area (Å²) in [6.07, 6.45) is 0. The minimum atomic E-state index is 0.0224. The first kappa shape index (κ1) is 13.2. The predicted octanol–water partition coefficient (Wildman–Crippen LogP) is 4.54. The van der Waals surface area contributed by atoms with Gasteiger partial charge in [0.1, 0.15) is 0 Å². The van der Waals surface area contributed by atoms with E-state index in [4.69, 9.17) is 16.6 Å². The molecule has 0 spiro atoms. The van der Waals surface area contributed by atoms with Crippen LogP contribution in [0.2, 0.25) is 5.02 Å². The van der Waals surface area contributed by atoms with Crippen LogP contribution in [-0.4, -0.2) is 12.0 Å². The van der Waals surface area contributed by atoms with Gasteiger partial charge in [-0.25, -0.2) is 0 Å². The Morgan fingerprint density at radius 1 is 1.22 bits per heavy atom. The summed E-state index contributed by atoms with van der Waals surface area (Å²) in [5, 5.41) is 5.13. The summed E-state index contributed by atoms with van der Waals surface area (Å²) >= 11 is 6.19. The van der Waals surface area contributed by atoms with Crippen molar-refractivity contribution < 1.29 is 0 Å². The molecule has 96 valence electrons. The van der Waals surface area contributed by atoms with E-state index < -0.39 is 0 Å². The maximum absolute atomic E-state index is 6.19. The third kappa shape index (κ3) is 2.17. The lowest BCUT2D eigenvalue weighted by Crippen LogP contribution is -2.14. The number of nitrogens with one attached hydrogen (secondary N) is 1. The van der Waals surface area contributed by atoms with Gasteiger partial charge >= 0.3 is 0 Å². The zero-order valence-electron chi connectivity index (χ0n) is 11.6. The molecular formula is C15H19ClN2. The zero-order chi connectivity index (χ0) is 13.5. The van der Waals surface area contributed by atoms with E-state index in [1.54, 1.807) is 0 Å². The van der Waals surface area contributed by atoms with Crippen molar-refractivity contribution in [1.82, 2.24) is 4.98 Å². The van der Waals surface area contributed by atoms with Gasteiger partial charge in [-0.05, 0) is 30.7 Å². The van der Waals surface area contributed by atoms with Crippen LogP contribution in [0.4, 0.5) is 5.69 Å². The number of rotatable bonds is 1. The lowest BCUT2D eigenvalue weighted by molar-refractivity contribution is 0.571. The van der Waals surface area contributed by atoms with Crippen LogP contribution in [0.1, 0.15) is 32.0 Å². The van der Waals surface area contributed by atoms with Gasteiger partial charge in [0.05, 0.1) is 5.52 Å². The van der Waals surface area contributed by atoms with Crippen LogP contribution in [0.25, 0.3) is 10.9 Å². The number of benzene rings is 1. The second-order valence-electron chi connectivity index (χ2n) is 5.62. The maximum Gasteiger partial charge on any atom is 0.0770 e. The van der Waals surface area contributed by atoms with Crippen molar-refractivity contribution in [3.8, 4) is 0 Å². The van der Waals surface area contributed by atoms with E-state index >= 15 is 0 Å². The Hall–Kier alpha value is -1.28. The topological polar surface area (TPSA) is 24.9 Å². The summed E-state index contributed by atoms with van der Waals surface area (Å²) in [5.41, 5.74) is 4.22. The number of halogens is 1. The Morgan fingerprint density at radius 2 is 1.89 bits per heavy atom. The molecule has 0 fully saturated rings. The lowest BCUT2D eigenvalue weighted by Gasteiger charge is -2.20. The number of anilines is 1. The summed E-state index contributed by atoms with van der Waals surface area (Å²) in [7, 11) is 1.94. The van der Waals surface area contributed by atoms with Crippen LogP contribution in [0.3, 0.4) is 0 Å². The van der Waals surface area contributed by atoms with E-state index in [1.165, 1.54) is 0 Å². The minimum absolute atomic E-state index is 0.0224. The van der Waals surface area contributed by atoms with Gasteiger partial charge in [0, 0.05) is 34.3 Å². The second-order valence-corrected chi connectivity index (χ2v) is 6.03. The summed E-state index contributed by atoms with van der Waals surface area (Å²) in [6.45, 7) is 8.52. The highest BCUT2D eigenvalue weighted by Crippen LogP contribution is 2.32. The Kier molecular flexibility index (Phi) is 3.24. The molecule has 2 rings (SSSR count). The quantitative estimate of drug-likeness (QED) is 0.816. The Labute approximate surface area is 113 Å². The molecule has 1 heterocycles. The number of aryl methyl sites for hydroxylation is 1. The fraction of sp³-hybridized carbons (Fsp3) is 0.400. The van der Waals surface area contributed by atoms with Crippen LogP contribution >= 0.6 is 11.6 Å². The van der Waals surface area contributed by atoms with Crippen molar-refractivity contribution in [2.24, 2.45) is 0 Å². The maximum atomic E-state index is 6.19. The van der Waals surface area contributed by atoms with E-state index in [9.17, 15) is 0 Å². The van der Waals surface area contributed by atoms with E-state index in [0.717, 1.165) is 32.9 Å². The van der Waals surface area contributed by atoms with Crippen LogP contribution in [0, 0.1) is 6.92 Å². The molecule has 18 heavy (non-hydrogen) atoms. The zero-order valence-corrected chi connectivity index (χ0v) is 12.3. The molecule has 0 aliphatic heterocycles. The first-order valence-electron chi connectivity index (χ1n) is 6.12. The van der Waals surface area contributed by atoms with Crippen LogP contribution in [-0.2, 0) is 5.41 Å². The molecule has 0 unspecified atom stereocenters. The van der Waals surface area contributed by atoms with Crippen LogP contribution in [0.5, 0.6) is 0 Å². The van der Waals surface area contributed by atoms with Gasteiger partial charge in [-0.3, -0.25) is 4.98 Å². The molecule has 1 aromatic carbocycles. The molecule has 0 radical (unpaired) electrons. The molecule has 0 atom stereocenters. The molecule has 2 aromatic rings. The third-order valence-electron chi connectivity index (χ3n) is 3.21. The largest absolute Gasteiger partial charge is 0.388 e. The van der Waals surface area contributed by atoms with Gasteiger partial charge in [-0.2, -0.15) is 0 Å². The number of hydrogen-bond donors (Lipinski definition) is 1. The highest BCUT2D eigenvalue weighted by Gasteiger charge is 2.18. The molecule has 2 nitrogen and oxygen atoms in total. The van der Waals surface area contributed by atoms with Crippen molar-refractivity contribution in [2.75, 3.05) is 12.4 Å². The van der Waals surface area contributed by atoms with Crippen molar-refractivity contribution in [2.45, 2.75) is 33.1 Å². The van der Waals surface area contributed by atoms with E-state index in [1.807, 2.05) is 26.1 Å². The standard InChI is InChI=1S/C15H19ClN2/c1-9-11(16)7-6-10-12(17-5)8-13(15(2,3)4)18-14(9)10/h6-8H,1-5H3,(H,17,18). The molecule has 0 aliphatic carbocycles. The highest BCUT2D eigenvalue weighted by atomic mass is 35.5. The monoisotopic (exact) mass is 262 g/mol. The average molecular weight is 263 g/mol. The molecule has 1 aromatic heterocycles. The fourth-order valence-electron chi connectivity index (χ4n) is 2.00. The molecule has 0 bridgehead atoms. The van der Waals surface area contributed by atoms with E-state index in [2.05, 4.69) is 32.2 Å². The summed E-state index contributed by atoms with van der Waals surface area (Å²) < 4.78 is 0. The first-order valence-corrected chi connectivity index (χ1v) is 6.50. The van der Waals surface area contributed by atoms with Gasteiger partial charge in [0.2, 0.25) is 0 Å². The minimum Gasteiger partial charge on any atom is -0.388 e. The Balaban J connectivity index is 2.85. The lowest BCUT2D eigenvalue weighted by atomic mass is 9.90. The van der Waals surface area contributed by atoms with E-state index in [-0.39, 0.29) is 5.41 Å². The first-order chi connectivity index (χ1) is 8.34. The third-order valence-corrected chi connectivity index (χ3v) is 3.62. The molecule has 1 N–H and O–H groups in total. The molecule has 0 saturated heterocycles. The highest BCUT2D eigenvalue weighted by molar-refractivity contribution is 6.32. The number of pyridine rings is 1. The van der Waals surface area contributed by atoms with Crippen molar-refractivity contribution in [1.29, 1.82) is 0 Å². The summed E-state index contributed by atoms with van der Waals surface area (Å²) in [6, 6.07) is 6.07. The smallest absolute Gasteiger partial charge is 0.0770 e. The molecule has 0 aliphatic rings. The van der Waals surface area contributed by atoms with E-state index in [0.29, 0.717) is 0 Å². The number of nitrogens with zero attached hydrogens (tertiary/aromatic N) is 1. The normalized spacial score (nSPS) is 11.9. The van der Waals surface area contributed by atoms with Gasteiger partial charge in [0.25, 0.3) is 0 Å². The predicted molar refractivity (Wildman–Crippen MR) is 79.7 cm³/mol.